The highest BCUT2D eigenvalue weighted by molar-refractivity contribution is 5.82. The first kappa shape index (κ1) is 13.7. The first-order valence-electron chi connectivity index (χ1n) is 6.37. The topological polar surface area (TPSA) is 35.5 Å². The summed E-state index contributed by atoms with van der Waals surface area (Å²) in [4.78, 5) is 11.8. The normalized spacial score (nSPS) is 25.6. The van der Waals surface area contributed by atoms with Gasteiger partial charge in [0.05, 0.1) is 13.2 Å². The summed E-state index contributed by atoms with van der Waals surface area (Å²) in [5.74, 6) is 1.38. The fourth-order valence-electron chi connectivity index (χ4n) is 2.33. The third-order valence-corrected chi connectivity index (χ3v) is 3.56. The van der Waals surface area contributed by atoms with Crippen LogP contribution in [-0.2, 0) is 14.3 Å². The van der Waals surface area contributed by atoms with Crippen molar-refractivity contribution in [3.63, 3.8) is 0 Å². The van der Waals surface area contributed by atoms with E-state index < -0.39 is 0 Å². The molecule has 0 radical (unpaired) electrons. The zero-order valence-corrected chi connectivity index (χ0v) is 10.5. The Morgan fingerprint density at radius 1 is 1.19 bits per heavy atom. The van der Waals surface area contributed by atoms with Crippen LogP contribution in [0, 0.1) is 11.8 Å². The third kappa shape index (κ3) is 4.62. The Hall–Kier alpha value is -0.410. The molecule has 1 aliphatic rings. The smallest absolute Gasteiger partial charge is 0.161 e. The van der Waals surface area contributed by atoms with Gasteiger partial charge in [-0.25, -0.2) is 0 Å². The number of carbonyl (C=O) groups excluding carboxylic acids is 1. The van der Waals surface area contributed by atoms with Crippen LogP contribution in [0.3, 0.4) is 0 Å². The van der Waals surface area contributed by atoms with E-state index in [4.69, 9.17) is 9.47 Å². The van der Waals surface area contributed by atoms with E-state index in [1.165, 1.54) is 19.3 Å². The lowest BCUT2D eigenvalue weighted by Gasteiger charge is -2.26. The lowest BCUT2D eigenvalue weighted by Crippen LogP contribution is -2.25. The highest BCUT2D eigenvalue weighted by Crippen LogP contribution is 2.30. The quantitative estimate of drug-likeness (QED) is 0.628. The van der Waals surface area contributed by atoms with Gasteiger partial charge in [0.1, 0.15) is 6.61 Å². The standard InChI is InChI=1S/C13H24O3/c1-3-11-4-6-12(7-5-11)13(14)10-16-9-8-15-2/h11-12H,3-10H2,1-2H3. The molecule has 0 heterocycles. The van der Waals surface area contributed by atoms with Crippen molar-refractivity contribution in [1.82, 2.24) is 0 Å². The summed E-state index contributed by atoms with van der Waals surface area (Å²) in [7, 11) is 1.64. The number of rotatable bonds is 7. The van der Waals surface area contributed by atoms with Crippen LogP contribution in [-0.4, -0.2) is 32.7 Å². The summed E-state index contributed by atoms with van der Waals surface area (Å²) in [6, 6.07) is 0. The van der Waals surface area contributed by atoms with Crippen LogP contribution in [0.25, 0.3) is 0 Å². The number of hydrogen-bond acceptors (Lipinski definition) is 3. The summed E-state index contributed by atoms with van der Waals surface area (Å²) in [6.07, 6.45) is 5.80. The van der Waals surface area contributed by atoms with Crippen molar-refractivity contribution in [2.24, 2.45) is 11.8 Å². The van der Waals surface area contributed by atoms with Gasteiger partial charge in [0, 0.05) is 13.0 Å². The fourth-order valence-corrected chi connectivity index (χ4v) is 2.33. The van der Waals surface area contributed by atoms with Crippen LogP contribution in [0.2, 0.25) is 0 Å². The van der Waals surface area contributed by atoms with Crippen LogP contribution in [0.5, 0.6) is 0 Å². The molecule has 0 N–H and O–H groups in total. The van der Waals surface area contributed by atoms with E-state index in [2.05, 4.69) is 6.92 Å². The SMILES string of the molecule is CCC1CCC(C(=O)COCCOC)CC1. The van der Waals surface area contributed by atoms with Crippen molar-refractivity contribution >= 4 is 5.78 Å². The maximum absolute atomic E-state index is 11.8. The summed E-state index contributed by atoms with van der Waals surface area (Å²) >= 11 is 0. The van der Waals surface area contributed by atoms with E-state index in [0.717, 1.165) is 18.8 Å². The van der Waals surface area contributed by atoms with Crippen LogP contribution in [0.4, 0.5) is 0 Å². The van der Waals surface area contributed by atoms with E-state index in [0.29, 0.717) is 13.2 Å². The molecule has 0 unspecified atom stereocenters. The Morgan fingerprint density at radius 2 is 1.88 bits per heavy atom. The minimum absolute atomic E-state index is 0.255. The molecule has 0 atom stereocenters. The molecule has 16 heavy (non-hydrogen) atoms. The molecule has 0 aromatic carbocycles. The number of Topliss-reactive ketones (excluding diaryl/α,β-unsaturated/α-hetero) is 1. The molecule has 0 saturated heterocycles. The molecule has 0 bridgehead atoms. The van der Waals surface area contributed by atoms with Crippen LogP contribution < -0.4 is 0 Å². The maximum atomic E-state index is 11.8. The summed E-state index contributed by atoms with van der Waals surface area (Å²) < 4.78 is 10.1. The molecule has 1 aliphatic carbocycles. The van der Waals surface area contributed by atoms with Gasteiger partial charge in [-0.05, 0) is 31.6 Å². The summed E-state index contributed by atoms with van der Waals surface area (Å²) in [6.45, 7) is 3.59. The van der Waals surface area contributed by atoms with E-state index in [1.807, 2.05) is 0 Å². The zero-order chi connectivity index (χ0) is 11.8. The van der Waals surface area contributed by atoms with Crippen molar-refractivity contribution in [1.29, 1.82) is 0 Å². The van der Waals surface area contributed by atoms with Crippen molar-refractivity contribution in [3.05, 3.63) is 0 Å². The van der Waals surface area contributed by atoms with Gasteiger partial charge in [-0.3, -0.25) is 4.79 Å². The molecule has 0 aromatic heterocycles. The lowest BCUT2D eigenvalue weighted by atomic mass is 9.79. The predicted octanol–water partition coefficient (Wildman–Crippen LogP) is 2.43. The van der Waals surface area contributed by atoms with Crippen molar-refractivity contribution in [3.8, 4) is 0 Å². The Labute approximate surface area is 98.5 Å². The first-order chi connectivity index (χ1) is 7.77. The predicted molar refractivity (Wildman–Crippen MR) is 63.4 cm³/mol. The molecule has 0 amide bonds. The number of ketones is 1. The third-order valence-electron chi connectivity index (χ3n) is 3.56. The van der Waals surface area contributed by atoms with Crippen LogP contribution in [0.15, 0.2) is 0 Å². The van der Waals surface area contributed by atoms with E-state index >= 15 is 0 Å². The molecule has 3 heteroatoms. The largest absolute Gasteiger partial charge is 0.382 e. The maximum Gasteiger partial charge on any atom is 0.161 e. The van der Waals surface area contributed by atoms with Gasteiger partial charge in [-0.15, -0.1) is 0 Å². The van der Waals surface area contributed by atoms with Gasteiger partial charge in [-0.1, -0.05) is 13.3 Å². The minimum atomic E-state index is 0.255. The average molecular weight is 228 g/mol. The van der Waals surface area contributed by atoms with Gasteiger partial charge in [0.2, 0.25) is 0 Å². The molecule has 0 aliphatic heterocycles. The second-order valence-electron chi connectivity index (χ2n) is 4.64. The lowest BCUT2D eigenvalue weighted by molar-refractivity contribution is -0.129. The van der Waals surface area contributed by atoms with E-state index in [-0.39, 0.29) is 18.3 Å². The van der Waals surface area contributed by atoms with E-state index in [1.54, 1.807) is 7.11 Å². The van der Waals surface area contributed by atoms with Gasteiger partial charge in [-0.2, -0.15) is 0 Å². The molecule has 0 spiro atoms. The monoisotopic (exact) mass is 228 g/mol. The molecular weight excluding hydrogens is 204 g/mol. The van der Waals surface area contributed by atoms with E-state index in [9.17, 15) is 4.79 Å². The van der Waals surface area contributed by atoms with Crippen LogP contribution >= 0.6 is 0 Å². The van der Waals surface area contributed by atoms with Crippen molar-refractivity contribution < 1.29 is 14.3 Å². The van der Waals surface area contributed by atoms with Crippen LogP contribution in [0.1, 0.15) is 39.0 Å². The average Bonchev–Trinajstić information content (AvgIpc) is 2.34. The molecule has 3 nitrogen and oxygen atoms in total. The highest BCUT2D eigenvalue weighted by Gasteiger charge is 2.25. The fraction of sp³-hybridized carbons (Fsp3) is 0.923. The molecule has 0 aromatic rings. The van der Waals surface area contributed by atoms with Crippen molar-refractivity contribution in [2.75, 3.05) is 26.9 Å². The van der Waals surface area contributed by atoms with Gasteiger partial charge in [0.15, 0.2) is 5.78 Å². The molecule has 1 fully saturated rings. The summed E-state index contributed by atoms with van der Waals surface area (Å²) in [5, 5.41) is 0. The number of hydrogen-bond donors (Lipinski definition) is 0. The zero-order valence-electron chi connectivity index (χ0n) is 10.5. The molecular formula is C13H24O3. The Morgan fingerprint density at radius 3 is 2.44 bits per heavy atom. The van der Waals surface area contributed by atoms with Gasteiger partial charge in [0.25, 0.3) is 0 Å². The number of carbonyl (C=O) groups is 1. The first-order valence-corrected chi connectivity index (χ1v) is 6.37. The number of ether oxygens (including phenoxy) is 2. The number of methoxy groups -OCH3 is 1. The Kier molecular flexibility index (Phi) is 6.65. The molecule has 94 valence electrons. The second-order valence-corrected chi connectivity index (χ2v) is 4.64. The van der Waals surface area contributed by atoms with Crippen molar-refractivity contribution in [2.45, 2.75) is 39.0 Å². The minimum Gasteiger partial charge on any atom is -0.382 e. The van der Waals surface area contributed by atoms with Gasteiger partial charge >= 0.3 is 0 Å². The highest BCUT2D eigenvalue weighted by atomic mass is 16.5. The second kappa shape index (κ2) is 7.80. The Balaban J connectivity index is 2.13. The van der Waals surface area contributed by atoms with Gasteiger partial charge < -0.3 is 9.47 Å². The Bertz CT molecular complexity index is 195. The molecule has 1 saturated carbocycles. The summed E-state index contributed by atoms with van der Waals surface area (Å²) in [5.41, 5.74) is 0. The molecule has 1 rings (SSSR count).